The van der Waals surface area contributed by atoms with Gasteiger partial charge >= 0.3 is 12.1 Å². The van der Waals surface area contributed by atoms with E-state index in [1.165, 1.54) is 18.2 Å². The first kappa shape index (κ1) is 21.4. The number of aromatic carboxylic acids is 1. The van der Waals surface area contributed by atoms with E-state index in [1.54, 1.807) is 0 Å². The number of hydrogen-bond donors (Lipinski definition) is 3. The van der Waals surface area contributed by atoms with Crippen LogP contribution in [0.3, 0.4) is 0 Å². The monoisotopic (exact) mass is 450 g/mol. The Morgan fingerprint density at radius 2 is 1.53 bits per heavy atom. The second-order valence-electron chi connectivity index (χ2n) is 7.19. The highest BCUT2D eigenvalue weighted by molar-refractivity contribution is 6.34. The van der Waals surface area contributed by atoms with Crippen molar-refractivity contribution < 1.29 is 24.2 Å². The molecule has 1 aliphatic carbocycles. The topological polar surface area (TPSA) is 105 Å². The number of nitrogens with one attached hydrogen (secondary N) is 2. The number of carbonyl (C=O) groups is 3. The highest BCUT2D eigenvalue weighted by atomic mass is 35.5. The summed E-state index contributed by atoms with van der Waals surface area (Å²) in [5.41, 5.74) is 4.23. The van der Waals surface area contributed by atoms with Crippen molar-refractivity contribution in [3.63, 3.8) is 0 Å². The molecule has 0 aromatic heterocycles. The summed E-state index contributed by atoms with van der Waals surface area (Å²) in [5, 5.41) is 14.1. The zero-order valence-electron chi connectivity index (χ0n) is 16.8. The summed E-state index contributed by atoms with van der Waals surface area (Å²) in [5.74, 6) is -1.97. The third-order valence-electron chi connectivity index (χ3n) is 5.24. The van der Waals surface area contributed by atoms with E-state index in [9.17, 15) is 19.5 Å². The Morgan fingerprint density at radius 3 is 2.16 bits per heavy atom. The summed E-state index contributed by atoms with van der Waals surface area (Å²) in [4.78, 5) is 35.7. The molecule has 7 nitrogen and oxygen atoms in total. The van der Waals surface area contributed by atoms with E-state index in [4.69, 9.17) is 16.3 Å². The third-order valence-corrected chi connectivity index (χ3v) is 5.55. The van der Waals surface area contributed by atoms with Gasteiger partial charge in [-0.3, -0.25) is 4.79 Å². The van der Waals surface area contributed by atoms with Crippen LogP contribution in [0.2, 0.25) is 5.02 Å². The largest absolute Gasteiger partial charge is 0.478 e. The van der Waals surface area contributed by atoms with E-state index in [-0.39, 0.29) is 35.3 Å². The van der Waals surface area contributed by atoms with E-state index in [0.29, 0.717) is 0 Å². The van der Waals surface area contributed by atoms with Crippen LogP contribution in [0.5, 0.6) is 0 Å². The Balaban J connectivity index is 1.34. The lowest BCUT2D eigenvalue weighted by Crippen LogP contribution is -2.34. The van der Waals surface area contributed by atoms with Gasteiger partial charge in [0.1, 0.15) is 18.7 Å². The van der Waals surface area contributed by atoms with Crippen LogP contribution in [0.4, 0.5) is 10.5 Å². The van der Waals surface area contributed by atoms with Crippen molar-refractivity contribution in [1.29, 1.82) is 0 Å². The minimum Gasteiger partial charge on any atom is -0.478 e. The van der Waals surface area contributed by atoms with Crippen LogP contribution in [-0.2, 0) is 9.53 Å². The zero-order chi connectivity index (χ0) is 22.7. The van der Waals surface area contributed by atoms with E-state index < -0.39 is 18.0 Å². The summed E-state index contributed by atoms with van der Waals surface area (Å²) >= 11 is 5.89. The fourth-order valence-electron chi connectivity index (χ4n) is 3.84. The van der Waals surface area contributed by atoms with Crippen molar-refractivity contribution in [2.24, 2.45) is 0 Å². The number of alkyl carbamates (subject to hydrolysis) is 1. The number of benzene rings is 3. The Bertz CT molecular complexity index is 1160. The molecule has 0 heterocycles. The molecule has 0 saturated heterocycles. The van der Waals surface area contributed by atoms with Crippen molar-refractivity contribution in [2.45, 2.75) is 5.92 Å². The summed E-state index contributed by atoms with van der Waals surface area (Å²) in [6.45, 7) is -0.263. The SMILES string of the molecule is O=C(CNC(=O)OCC1c2ccccc2-c2ccccc21)Nc1cccc(Cl)c1C(=O)O. The Labute approximate surface area is 189 Å². The van der Waals surface area contributed by atoms with E-state index in [2.05, 4.69) is 10.6 Å². The van der Waals surface area contributed by atoms with E-state index >= 15 is 0 Å². The number of carbonyl (C=O) groups excluding carboxylic acids is 2. The van der Waals surface area contributed by atoms with Gasteiger partial charge in [0.05, 0.1) is 10.7 Å². The Hall–Kier alpha value is -3.84. The quantitative estimate of drug-likeness (QED) is 0.512. The molecule has 0 saturated carbocycles. The Kier molecular flexibility index (Phi) is 6.09. The van der Waals surface area contributed by atoms with Gasteiger partial charge in [-0.2, -0.15) is 0 Å². The van der Waals surface area contributed by atoms with Gasteiger partial charge in [0.2, 0.25) is 5.91 Å². The molecule has 3 N–H and O–H groups in total. The van der Waals surface area contributed by atoms with Crippen LogP contribution in [0, 0.1) is 0 Å². The molecule has 3 aromatic carbocycles. The van der Waals surface area contributed by atoms with Gasteiger partial charge in [0.15, 0.2) is 0 Å². The second kappa shape index (κ2) is 9.11. The van der Waals surface area contributed by atoms with Gasteiger partial charge in [0, 0.05) is 5.92 Å². The summed E-state index contributed by atoms with van der Waals surface area (Å²) < 4.78 is 5.38. The predicted molar refractivity (Wildman–Crippen MR) is 120 cm³/mol. The molecule has 162 valence electrons. The molecule has 0 spiro atoms. The average Bonchev–Trinajstić information content (AvgIpc) is 3.10. The first-order valence-corrected chi connectivity index (χ1v) is 10.2. The lowest BCUT2D eigenvalue weighted by Gasteiger charge is -2.15. The lowest BCUT2D eigenvalue weighted by atomic mass is 9.98. The standard InChI is InChI=1S/C24H19ClN2O5/c25-19-10-5-11-20(22(19)23(29)30)27-21(28)12-26-24(31)32-13-18-16-8-3-1-6-14(16)15-7-2-4-9-17(15)18/h1-11,18H,12-13H2,(H,26,31)(H,27,28)(H,29,30). The van der Waals surface area contributed by atoms with Crippen LogP contribution in [0.25, 0.3) is 11.1 Å². The van der Waals surface area contributed by atoms with E-state index in [0.717, 1.165) is 22.3 Å². The molecule has 0 unspecified atom stereocenters. The molecule has 4 rings (SSSR count). The number of anilines is 1. The molecule has 8 heteroatoms. The second-order valence-corrected chi connectivity index (χ2v) is 7.60. The van der Waals surface area contributed by atoms with Gasteiger partial charge in [0.25, 0.3) is 0 Å². The summed E-state index contributed by atoms with van der Waals surface area (Å²) in [6.07, 6.45) is -0.744. The Morgan fingerprint density at radius 1 is 0.906 bits per heavy atom. The minimum absolute atomic E-state index is 0.000190. The molecule has 2 amide bonds. The van der Waals surface area contributed by atoms with Crippen molar-refractivity contribution in [2.75, 3.05) is 18.5 Å². The number of fused-ring (bicyclic) bond motifs is 3. The van der Waals surface area contributed by atoms with Gasteiger partial charge in [-0.05, 0) is 34.4 Å². The molecule has 1 aliphatic rings. The third kappa shape index (κ3) is 4.29. The summed E-state index contributed by atoms with van der Waals surface area (Å²) in [6, 6.07) is 20.3. The van der Waals surface area contributed by atoms with Gasteiger partial charge in [-0.25, -0.2) is 9.59 Å². The number of carboxylic acid groups (broad SMARTS) is 1. The predicted octanol–water partition coefficient (Wildman–Crippen LogP) is 4.52. The fourth-order valence-corrected chi connectivity index (χ4v) is 4.10. The molecule has 0 atom stereocenters. The minimum atomic E-state index is -1.27. The highest BCUT2D eigenvalue weighted by Crippen LogP contribution is 2.44. The van der Waals surface area contributed by atoms with Crippen LogP contribution in [-0.4, -0.2) is 36.2 Å². The van der Waals surface area contributed by atoms with Crippen molar-refractivity contribution in [3.8, 4) is 11.1 Å². The molecule has 0 aliphatic heterocycles. The average molecular weight is 451 g/mol. The zero-order valence-corrected chi connectivity index (χ0v) is 17.6. The van der Waals surface area contributed by atoms with Crippen LogP contribution in [0.1, 0.15) is 27.4 Å². The smallest absolute Gasteiger partial charge is 0.407 e. The molecular formula is C24H19ClN2O5. The first-order valence-electron chi connectivity index (χ1n) is 9.86. The number of ether oxygens (including phenoxy) is 1. The maximum Gasteiger partial charge on any atom is 0.407 e. The highest BCUT2D eigenvalue weighted by Gasteiger charge is 2.29. The van der Waals surface area contributed by atoms with Gasteiger partial charge < -0.3 is 20.5 Å². The van der Waals surface area contributed by atoms with Crippen molar-refractivity contribution in [3.05, 3.63) is 88.4 Å². The van der Waals surface area contributed by atoms with Crippen molar-refractivity contribution in [1.82, 2.24) is 5.32 Å². The number of hydrogen-bond acceptors (Lipinski definition) is 4. The van der Waals surface area contributed by atoms with Gasteiger partial charge in [-0.1, -0.05) is 66.2 Å². The van der Waals surface area contributed by atoms with Crippen LogP contribution < -0.4 is 10.6 Å². The molecular weight excluding hydrogens is 432 g/mol. The molecule has 32 heavy (non-hydrogen) atoms. The normalized spacial score (nSPS) is 11.9. The molecule has 0 fully saturated rings. The first-order chi connectivity index (χ1) is 15.5. The van der Waals surface area contributed by atoms with Crippen LogP contribution in [0.15, 0.2) is 66.7 Å². The maximum absolute atomic E-state index is 12.2. The molecule has 0 radical (unpaired) electrons. The lowest BCUT2D eigenvalue weighted by molar-refractivity contribution is -0.115. The van der Waals surface area contributed by atoms with Gasteiger partial charge in [-0.15, -0.1) is 0 Å². The molecule has 3 aromatic rings. The molecule has 0 bridgehead atoms. The maximum atomic E-state index is 12.2. The van der Waals surface area contributed by atoms with Crippen LogP contribution >= 0.6 is 11.6 Å². The number of halogens is 1. The van der Waals surface area contributed by atoms with Crippen molar-refractivity contribution >= 4 is 35.3 Å². The number of amides is 2. The number of rotatable bonds is 6. The fraction of sp³-hybridized carbons (Fsp3) is 0.125. The summed E-state index contributed by atoms with van der Waals surface area (Å²) in [7, 11) is 0. The number of carboxylic acids is 1. The van der Waals surface area contributed by atoms with E-state index in [1.807, 2.05) is 48.5 Å².